The number of carbonyl (C=O) groups excluding carboxylic acids is 2. The number of hydrogen-bond acceptors (Lipinski definition) is 6. The predicted octanol–water partition coefficient (Wildman–Crippen LogP) is 3.37. The number of hydrogen-bond donors (Lipinski definition) is 1. The number of cyclic esters (lactones) is 1. The van der Waals surface area contributed by atoms with Crippen LogP contribution in [0.3, 0.4) is 0 Å². The number of nitrogens with zero attached hydrogens (tertiary/aromatic N) is 3. The number of primary amides is 1. The van der Waals surface area contributed by atoms with E-state index in [0.29, 0.717) is 33.7 Å². The quantitative estimate of drug-likeness (QED) is 0.594. The molecule has 0 saturated carbocycles. The van der Waals surface area contributed by atoms with E-state index in [2.05, 4.69) is 9.97 Å². The van der Waals surface area contributed by atoms with E-state index < -0.39 is 23.9 Å². The molecule has 1 aliphatic rings. The lowest BCUT2D eigenvalue weighted by Gasteiger charge is -2.14. The number of benzene rings is 1. The maximum absolute atomic E-state index is 13.9. The Bertz CT molecular complexity index is 1240. The summed E-state index contributed by atoms with van der Waals surface area (Å²) in [6, 6.07) is 9.69. The highest BCUT2D eigenvalue weighted by atomic mass is 19.1. The minimum absolute atomic E-state index is 0.0969. The van der Waals surface area contributed by atoms with E-state index in [4.69, 9.17) is 15.2 Å². The van der Waals surface area contributed by atoms with Crippen molar-refractivity contribution < 1.29 is 23.5 Å². The van der Waals surface area contributed by atoms with Gasteiger partial charge in [0.1, 0.15) is 11.9 Å². The lowest BCUT2D eigenvalue weighted by molar-refractivity contribution is -0.114. The van der Waals surface area contributed by atoms with E-state index in [0.717, 1.165) is 0 Å². The number of fused-ring (bicyclic) bond motifs is 1. The number of halogens is 1. The molecule has 2 aromatic heterocycles. The molecule has 0 bridgehead atoms. The van der Waals surface area contributed by atoms with Gasteiger partial charge in [-0.1, -0.05) is 6.07 Å². The first-order valence-electron chi connectivity index (χ1n) is 9.90. The smallest absolute Gasteiger partial charge is 0.414 e. The van der Waals surface area contributed by atoms with Crippen molar-refractivity contribution in [3.63, 3.8) is 0 Å². The number of aryl methyl sites for hydroxylation is 1. The van der Waals surface area contributed by atoms with Gasteiger partial charge in [0, 0.05) is 29.8 Å². The van der Waals surface area contributed by atoms with Crippen LogP contribution >= 0.6 is 0 Å². The van der Waals surface area contributed by atoms with Crippen molar-refractivity contribution >= 4 is 34.8 Å². The van der Waals surface area contributed by atoms with E-state index in [-0.39, 0.29) is 18.5 Å². The van der Waals surface area contributed by atoms with Gasteiger partial charge in [0.15, 0.2) is 0 Å². The number of pyridine rings is 2. The number of amides is 2. The molecule has 32 heavy (non-hydrogen) atoms. The number of anilines is 1. The molecule has 2 amide bonds. The Balaban J connectivity index is 1.60. The lowest BCUT2D eigenvalue weighted by atomic mass is 10.0. The molecule has 1 aromatic carbocycles. The van der Waals surface area contributed by atoms with Crippen LogP contribution in [0.15, 0.2) is 48.2 Å². The molecule has 1 saturated heterocycles. The van der Waals surface area contributed by atoms with Crippen LogP contribution in [0.2, 0.25) is 0 Å². The zero-order valence-electron chi connectivity index (χ0n) is 17.5. The summed E-state index contributed by atoms with van der Waals surface area (Å²) in [5, 5.41) is 0. The summed E-state index contributed by atoms with van der Waals surface area (Å²) in [7, 11) is 1.51. The Morgan fingerprint density at radius 2 is 2.16 bits per heavy atom. The average Bonchev–Trinajstić information content (AvgIpc) is 3.15. The van der Waals surface area contributed by atoms with Gasteiger partial charge in [0.25, 0.3) is 0 Å². The van der Waals surface area contributed by atoms with Crippen LogP contribution in [0.5, 0.6) is 5.88 Å². The highest BCUT2D eigenvalue weighted by molar-refractivity contribution is 5.99. The summed E-state index contributed by atoms with van der Waals surface area (Å²) in [6.07, 6.45) is 2.08. The molecule has 0 unspecified atom stereocenters. The van der Waals surface area contributed by atoms with Crippen LogP contribution in [0, 0.1) is 12.7 Å². The summed E-state index contributed by atoms with van der Waals surface area (Å²) in [6.45, 7) is 1.80. The van der Waals surface area contributed by atoms with Crippen molar-refractivity contribution in [3.05, 3.63) is 65.1 Å². The van der Waals surface area contributed by atoms with E-state index in [1.165, 1.54) is 18.1 Å². The number of rotatable bonds is 6. The standard InChI is InChI=1S/C23H21FN4O4/c1-13-3-4-16(11-18(13)24)28-12-17(32-23(28)30)10-15(22(25)29)9-14-7-8-26-19-5-6-20(31-2)27-21(14)19/h3-9,11,17H,10,12H2,1-2H3,(H2,25,29)/t17-/m1/s1. The van der Waals surface area contributed by atoms with Crippen molar-refractivity contribution in [1.82, 2.24) is 9.97 Å². The van der Waals surface area contributed by atoms with Crippen LogP contribution in [-0.2, 0) is 9.53 Å². The van der Waals surface area contributed by atoms with Gasteiger partial charge < -0.3 is 15.2 Å². The largest absolute Gasteiger partial charge is 0.481 e. The first-order valence-corrected chi connectivity index (χ1v) is 9.90. The van der Waals surface area contributed by atoms with Gasteiger partial charge in [0.2, 0.25) is 11.8 Å². The number of carbonyl (C=O) groups is 2. The molecule has 0 spiro atoms. The van der Waals surface area contributed by atoms with E-state index in [1.807, 2.05) is 0 Å². The van der Waals surface area contributed by atoms with E-state index in [1.54, 1.807) is 49.5 Å². The molecule has 1 aliphatic heterocycles. The molecule has 0 aliphatic carbocycles. The fourth-order valence-corrected chi connectivity index (χ4v) is 3.51. The Hall–Kier alpha value is -4.01. The van der Waals surface area contributed by atoms with Crippen LogP contribution < -0.4 is 15.4 Å². The first-order chi connectivity index (χ1) is 15.4. The van der Waals surface area contributed by atoms with Crippen molar-refractivity contribution in [1.29, 1.82) is 0 Å². The molecular weight excluding hydrogens is 415 g/mol. The Morgan fingerprint density at radius 1 is 1.34 bits per heavy atom. The third-order valence-corrected chi connectivity index (χ3v) is 5.23. The zero-order chi connectivity index (χ0) is 22.8. The monoisotopic (exact) mass is 436 g/mol. The number of methoxy groups -OCH3 is 1. The average molecular weight is 436 g/mol. The molecule has 4 rings (SSSR count). The molecule has 3 aromatic rings. The van der Waals surface area contributed by atoms with Gasteiger partial charge >= 0.3 is 6.09 Å². The molecule has 8 nitrogen and oxygen atoms in total. The number of aromatic nitrogens is 2. The van der Waals surface area contributed by atoms with Crippen LogP contribution in [0.4, 0.5) is 14.9 Å². The molecule has 2 N–H and O–H groups in total. The van der Waals surface area contributed by atoms with Crippen molar-refractivity contribution in [3.8, 4) is 5.88 Å². The number of ether oxygens (including phenoxy) is 2. The summed E-state index contributed by atoms with van der Waals surface area (Å²) in [5.41, 5.74) is 8.54. The fourth-order valence-electron chi connectivity index (χ4n) is 3.51. The summed E-state index contributed by atoms with van der Waals surface area (Å²) in [4.78, 5) is 34.5. The van der Waals surface area contributed by atoms with Crippen LogP contribution in [0.1, 0.15) is 17.5 Å². The third-order valence-electron chi connectivity index (χ3n) is 5.23. The van der Waals surface area contributed by atoms with Crippen molar-refractivity contribution in [2.24, 2.45) is 5.73 Å². The number of nitrogens with two attached hydrogens (primary N) is 1. The van der Waals surface area contributed by atoms with Gasteiger partial charge in [-0.05, 0) is 42.8 Å². The van der Waals surface area contributed by atoms with Gasteiger partial charge in [-0.25, -0.2) is 14.2 Å². The summed E-state index contributed by atoms with van der Waals surface area (Å²) < 4.78 is 24.5. The second-order valence-corrected chi connectivity index (χ2v) is 7.41. The maximum Gasteiger partial charge on any atom is 0.414 e. The normalized spacial score (nSPS) is 16.3. The molecular formula is C23H21FN4O4. The predicted molar refractivity (Wildman–Crippen MR) is 117 cm³/mol. The topological polar surface area (TPSA) is 108 Å². The first kappa shape index (κ1) is 21.2. The summed E-state index contributed by atoms with van der Waals surface area (Å²) in [5.74, 6) is -0.649. The maximum atomic E-state index is 13.9. The molecule has 0 radical (unpaired) electrons. The van der Waals surface area contributed by atoms with Gasteiger partial charge in [-0.2, -0.15) is 0 Å². The highest BCUT2D eigenvalue weighted by Crippen LogP contribution is 2.27. The molecule has 164 valence electrons. The molecule has 9 heteroatoms. The second kappa shape index (κ2) is 8.62. The highest BCUT2D eigenvalue weighted by Gasteiger charge is 2.33. The van der Waals surface area contributed by atoms with Gasteiger partial charge in [0.05, 0.1) is 30.4 Å². The minimum Gasteiger partial charge on any atom is -0.481 e. The lowest BCUT2D eigenvalue weighted by Crippen LogP contribution is -2.25. The van der Waals surface area contributed by atoms with E-state index in [9.17, 15) is 14.0 Å². The molecule has 1 fully saturated rings. The second-order valence-electron chi connectivity index (χ2n) is 7.41. The third kappa shape index (κ3) is 4.22. The Labute approximate surface area is 183 Å². The van der Waals surface area contributed by atoms with Gasteiger partial charge in [-0.15, -0.1) is 0 Å². The Kier molecular flexibility index (Phi) is 5.72. The van der Waals surface area contributed by atoms with Crippen molar-refractivity contribution in [2.75, 3.05) is 18.6 Å². The molecule has 1 atom stereocenters. The van der Waals surface area contributed by atoms with Crippen LogP contribution in [-0.4, -0.2) is 41.7 Å². The fraction of sp³-hybridized carbons (Fsp3) is 0.217. The van der Waals surface area contributed by atoms with Crippen molar-refractivity contribution in [2.45, 2.75) is 19.4 Å². The SMILES string of the molecule is COc1ccc2nccc(C=C(C[C@@H]3CN(c4ccc(C)c(F)c4)C(=O)O3)C(N)=O)c2n1. The zero-order valence-corrected chi connectivity index (χ0v) is 17.5. The van der Waals surface area contributed by atoms with E-state index >= 15 is 0 Å². The minimum atomic E-state index is -0.645. The van der Waals surface area contributed by atoms with Gasteiger partial charge in [-0.3, -0.25) is 14.7 Å². The molecule has 3 heterocycles. The van der Waals surface area contributed by atoms with Crippen LogP contribution in [0.25, 0.3) is 17.1 Å². The Morgan fingerprint density at radius 3 is 2.88 bits per heavy atom. The summed E-state index contributed by atoms with van der Waals surface area (Å²) >= 11 is 0.